The number of anilines is 2. The van der Waals surface area contributed by atoms with Gasteiger partial charge in [-0.3, -0.25) is 4.79 Å². The molecule has 0 saturated heterocycles. The van der Waals surface area contributed by atoms with Gasteiger partial charge in [0.25, 0.3) is 5.91 Å². The quantitative estimate of drug-likeness (QED) is 0.200. The van der Waals surface area contributed by atoms with Crippen LogP contribution in [0.3, 0.4) is 0 Å². The SMILES string of the molecule is Nc1nonc1-n1nnc(C(=O)N/N=C/c2cn(-c3ccccc3)nc2-c2ccccc2)c1CN1CCCc2ccccc21. The molecule has 1 aliphatic heterocycles. The first-order chi connectivity index (χ1) is 21.7. The van der Waals surface area contributed by atoms with Crippen LogP contribution in [0.15, 0.2) is 101 Å². The van der Waals surface area contributed by atoms with Crippen molar-refractivity contribution in [3.8, 4) is 22.8 Å². The van der Waals surface area contributed by atoms with Crippen molar-refractivity contribution < 1.29 is 9.42 Å². The number of fused-ring (bicyclic) bond motifs is 1. The molecule has 0 spiro atoms. The minimum Gasteiger partial charge on any atom is -0.378 e. The van der Waals surface area contributed by atoms with Crippen LogP contribution >= 0.6 is 0 Å². The highest BCUT2D eigenvalue weighted by molar-refractivity contribution is 5.95. The molecule has 0 saturated carbocycles. The van der Waals surface area contributed by atoms with E-state index < -0.39 is 5.91 Å². The van der Waals surface area contributed by atoms with Crippen LogP contribution in [0.25, 0.3) is 22.8 Å². The number of hydrazone groups is 1. The zero-order valence-corrected chi connectivity index (χ0v) is 23.5. The van der Waals surface area contributed by atoms with Crippen LogP contribution in [0, 0.1) is 0 Å². The first-order valence-corrected chi connectivity index (χ1v) is 14.1. The number of amides is 1. The number of rotatable bonds is 8. The number of para-hydroxylation sites is 2. The Labute approximate surface area is 251 Å². The first kappa shape index (κ1) is 26.8. The van der Waals surface area contributed by atoms with Crippen molar-refractivity contribution in [2.45, 2.75) is 19.4 Å². The normalized spacial score (nSPS) is 12.9. The number of benzene rings is 3. The smallest absolute Gasteiger partial charge is 0.293 e. The molecule has 3 aromatic carbocycles. The lowest BCUT2D eigenvalue weighted by Crippen LogP contribution is -2.31. The van der Waals surface area contributed by atoms with Gasteiger partial charge < -0.3 is 10.6 Å². The maximum Gasteiger partial charge on any atom is 0.293 e. The molecule has 44 heavy (non-hydrogen) atoms. The molecule has 13 nitrogen and oxygen atoms in total. The van der Waals surface area contributed by atoms with Gasteiger partial charge in [-0.05, 0) is 46.9 Å². The molecular formula is C31H27N11O2. The Hall–Kier alpha value is -6.11. The Morgan fingerprint density at radius 3 is 2.57 bits per heavy atom. The lowest BCUT2D eigenvalue weighted by molar-refractivity contribution is 0.0949. The predicted octanol–water partition coefficient (Wildman–Crippen LogP) is 3.80. The van der Waals surface area contributed by atoms with Crippen molar-refractivity contribution in [3.63, 3.8) is 0 Å². The summed E-state index contributed by atoms with van der Waals surface area (Å²) in [7, 11) is 0. The molecule has 4 heterocycles. The number of hydrogen-bond donors (Lipinski definition) is 2. The number of aryl methyl sites for hydroxylation is 1. The topological polar surface area (TPSA) is 158 Å². The predicted molar refractivity (Wildman–Crippen MR) is 164 cm³/mol. The number of nitrogens with one attached hydrogen (secondary N) is 1. The van der Waals surface area contributed by atoms with Gasteiger partial charge in [0.15, 0.2) is 5.69 Å². The van der Waals surface area contributed by atoms with Gasteiger partial charge in [-0.15, -0.1) is 5.10 Å². The average Bonchev–Trinajstić information content (AvgIpc) is 3.80. The van der Waals surface area contributed by atoms with Crippen LogP contribution in [0.4, 0.5) is 11.5 Å². The third kappa shape index (κ3) is 5.17. The van der Waals surface area contributed by atoms with E-state index in [4.69, 9.17) is 15.5 Å². The average molecular weight is 586 g/mol. The summed E-state index contributed by atoms with van der Waals surface area (Å²) in [6, 6.07) is 27.8. The summed E-state index contributed by atoms with van der Waals surface area (Å²) < 4.78 is 7.97. The van der Waals surface area contributed by atoms with Crippen molar-refractivity contribution in [3.05, 3.63) is 114 Å². The minimum atomic E-state index is -0.542. The Balaban J connectivity index is 1.19. The molecule has 13 heteroatoms. The van der Waals surface area contributed by atoms with E-state index in [0.29, 0.717) is 12.2 Å². The van der Waals surface area contributed by atoms with E-state index in [2.05, 4.69) is 48.2 Å². The maximum absolute atomic E-state index is 13.5. The molecular weight excluding hydrogens is 558 g/mol. The van der Waals surface area contributed by atoms with E-state index in [1.807, 2.05) is 79.0 Å². The second-order valence-electron chi connectivity index (χ2n) is 10.2. The minimum absolute atomic E-state index is 0.0315. The number of carbonyl (C=O) groups excluding carboxylic acids is 1. The fraction of sp³-hybridized carbons (Fsp3) is 0.129. The molecule has 6 aromatic rings. The fourth-order valence-electron chi connectivity index (χ4n) is 5.31. The lowest BCUT2D eigenvalue weighted by Gasteiger charge is -2.31. The summed E-state index contributed by atoms with van der Waals surface area (Å²) in [6.45, 7) is 1.12. The molecule has 0 unspecified atom stereocenters. The molecule has 0 aliphatic carbocycles. The van der Waals surface area contributed by atoms with Gasteiger partial charge in [-0.2, -0.15) is 14.9 Å². The van der Waals surface area contributed by atoms with E-state index in [9.17, 15) is 4.79 Å². The van der Waals surface area contributed by atoms with Gasteiger partial charge in [0, 0.05) is 29.6 Å². The van der Waals surface area contributed by atoms with Crippen LogP contribution in [-0.4, -0.2) is 53.8 Å². The van der Waals surface area contributed by atoms with Crippen molar-refractivity contribution in [1.82, 2.24) is 40.5 Å². The van der Waals surface area contributed by atoms with Gasteiger partial charge in [0.05, 0.1) is 24.1 Å². The third-order valence-electron chi connectivity index (χ3n) is 7.40. The fourth-order valence-corrected chi connectivity index (χ4v) is 5.31. The van der Waals surface area contributed by atoms with Crippen molar-refractivity contribution in [2.75, 3.05) is 17.2 Å². The van der Waals surface area contributed by atoms with Crippen molar-refractivity contribution >= 4 is 23.6 Å². The van der Waals surface area contributed by atoms with Crippen LogP contribution in [0.2, 0.25) is 0 Å². The number of nitrogens with two attached hydrogens (primary N) is 1. The van der Waals surface area contributed by atoms with Crippen molar-refractivity contribution in [1.29, 1.82) is 0 Å². The molecule has 1 amide bonds. The Morgan fingerprint density at radius 1 is 1.00 bits per heavy atom. The highest BCUT2D eigenvalue weighted by atomic mass is 16.6. The lowest BCUT2D eigenvalue weighted by atomic mass is 10.0. The second-order valence-corrected chi connectivity index (χ2v) is 10.2. The highest BCUT2D eigenvalue weighted by Gasteiger charge is 2.27. The monoisotopic (exact) mass is 585 g/mol. The number of hydrogen-bond acceptors (Lipinski definition) is 10. The summed E-state index contributed by atoms with van der Waals surface area (Å²) >= 11 is 0. The number of nitrogens with zero attached hydrogens (tertiary/aromatic N) is 9. The Morgan fingerprint density at radius 2 is 1.77 bits per heavy atom. The largest absolute Gasteiger partial charge is 0.378 e. The second kappa shape index (κ2) is 11.6. The number of aromatic nitrogens is 7. The molecule has 0 radical (unpaired) electrons. The molecule has 0 fully saturated rings. The van der Waals surface area contributed by atoms with Crippen LogP contribution in [0.5, 0.6) is 0 Å². The zero-order chi connectivity index (χ0) is 29.9. The molecule has 1 aliphatic rings. The summed E-state index contributed by atoms with van der Waals surface area (Å²) in [5.41, 5.74) is 14.7. The van der Waals surface area contributed by atoms with Gasteiger partial charge in [-0.1, -0.05) is 71.9 Å². The summed E-state index contributed by atoms with van der Waals surface area (Å²) in [5, 5.41) is 25.0. The van der Waals surface area contributed by atoms with E-state index in [1.165, 1.54) is 10.2 Å². The third-order valence-corrected chi connectivity index (χ3v) is 7.40. The molecule has 0 bridgehead atoms. The van der Waals surface area contributed by atoms with E-state index >= 15 is 0 Å². The maximum atomic E-state index is 13.5. The zero-order valence-electron chi connectivity index (χ0n) is 23.5. The van der Waals surface area contributed by atoms with E-state index in [-0.39, 0.29) is 17.3 Å². The summed E-state index contributed by atoms with van der Waals surface area (Å²) in [5.74, 6) is -0.357. The Kier molecular flexibility index (Phi) is 7.08. The molecule has 3 aromatic heterocycles. The van der Waals surface area contributed by atoms with Gasteiger partial charge in [0.2, 0.25) is 11.6 Å². The van der Waals surface area contributed by atoms with E-state index in [1.54, 1.807) is 10.9 Å². The van der Waals surface area contributed by atoms with Gasteiger partial charge >= 0.3 is 0 Å². The standard InChI is InChI=1S/C31H27N11O2/c32-29-30(38-44-37-29)42-26(20-40-17-9-13-21-10-7-8-16-25(21)40)28(34-39-42)31(43)35-33-18-23-19-41(24-14-5-2-6-15-24)36-27(23)22-11-3-1-4-12-22/h1-8,10-12,14-16,18-19H,9,13,17,20H2,(H2,32,37)(H,35,43)/b33-18+. The van der Waals surface area contributed by atoms with Crippen LogP contribution < -0.4 is 16.1 Å². The summed E-state index contributed by atoms with van der Waals surface area (Å²) in [4.78, 5) is 15.7. The molecule has 218 valence electrons. The number of carbonyl (C=O) groups is 1. The van der Waals surface area contributed by atoms with Crippen LogP contribution in [0.1, 0.15) is 33.7 Å². The van der Waals surface area contributed by atoms with Gasteiger partial charge in [-0.25, -0.2) is 14.7 Å². The van der Waals surface area contributed by atoms with Crippen LogP contribution in [-0.2, 0) is 13.0 Å². The van der Waals surface area contributed by atoms with E-state index in [0.717, 1.165) is 47.6 Å². The summed E-state index contributed by atoms with van der Waals surface area (Å²) in [6.07, 6.45) is 5.39. The molecule has 7 rings (SSSR count). The first-order valence-electron chi connectivity index (χ1n) is 14.1. The molecule has 3 N–H and O–H groups in total. The highest BCUT2D eigenvalue weighted by Crippen LogP contribution is 2.29. The number of nitrogen functional groups attached to an aromatic ring is 1. The van der Waals surface area contributed by atoms with Crippen molar-refractivity contribution in [2.24, 2.45) is 5.10 Å². The Bertz CT molecular complexity index is 1940. The molecule has 0 atom stereocenters. The van der Waals surface area contributed by atoms with Gasteiger partial charge in [0.1, 0.15) is 5.69 Å².